The Labute approximate surface area is 118 Å². The maximum atomic E-state index is 13.4. The van der Waals surface area contributed by atoms with Crippen molar-refractivity contribution in [3.8, 4) is 0 Å². The van der Waals surface area contributed by atoms with E-state index in [1.807, 2.05) is 13.8 Å². The van der Waals surface area contributed by atoms with Gasteiger partial charge in [0.25, 0.3) is 0 Å². The zero-order valence-electron chi connectivity index (χ0n) is 11.6. The van der Waals surface area contributed by atoms with Crippen molar-refractivity contribution in [2.45, 2.75) is 49.3 Å². The van der Waals surface area contributed by atoms with Gasteiger partial charge < -0.3 is 5.32 Å². The lowest BCUT2D eigenvalue weighted by Crippen LogP contribution is -2.32. The van der Waals surface area contributed by atoms with Crippen LogP contribution < -0.4 is 5.32 Å². The zero-order valence-corrected chi connectivity index (χ0v) is 12.4. The van der Waals surface area contributed by atoms with Crippen LogP contribution in [0.1, 0.15) is 44.7 Å². The topological polar surface area (TPSA) is 46.2 Å². The van der Waals surface area contributed by atoms with E-state index in [0.717, 1.165) is 18.6 Å². The fourth-order valence-electron chi connectivity index (χ4n) is 2.72. The van der Waals surface area contributed by atoms with Crippen molar-refractivity contribution < 1.29 is 17.2 Å². The first kappa shape index (κ1) is 15.4. The first-order chi connectivity index (χ1) is 9.43. The third-order valence-electron chi connectivity index (χ3n) is 3.65. The number of hydrogen-bond donors (Lipinski definition) is 1. The number of halogens is 2. The van der Waals surface area contributed by atoms with E-state index in [1.54, 1.807) is 0 Å². The maximum Gasteiger partial charge on any atom is 0.183 e. The van der Waals surface area contributed by atoms with E-state index in [2.05, 4.69) is 5.32 Å². The predicted octanol–water partition coefficient (Wildman–Crippen LogP) is 2.96. The Morgan fingerprint density at radius 2 is 1.80 bits per heavy atom. The van der Waals surface area contributed by atoms with Gasteiger partial charge in [-0.15, -0.1) is 0 Å². The van der Waals surface area contributed by atoms with Crippen LogP contribution in [0.5, 0.6) is 0 Å². The van der Waals surface area contributed by atoms with Crippen LogP contribution in [0.15, 0.2) is 17.0 Å². The number of sulfone groups is 1. The van der Waals surface area contributed by atoms with Crippen molar-refractivity contribution >= 4 is 9.84 Å². The molecule has 1 aliphatic rings. The molecule has 1 aromatic rings. The minimum Gasteiger partial charge on any atom is -0.309 e. The van der Waals surface area contributed by atoms with Gasteiger partial charge in [-0.2, -0.15) is 0 Å². The highest BCUT2D eigenvalue weighted by Gasteiger charge is 2.44. The molecule has 0 saturated heterocycles. The monoisotopic (exact) mass is 303 g/mol. The highest BCUT2D eigenvalue weighted by Crippen LogP contribution is 2.41. The van der Waals surface area contributed by atoms with E-state index >= 15 is 0 Å². The highest BCUT2D eigenvalue weighted by molar-refractivity contribution is 7.92. The van der Waals surface area contributed by atoms with Crippen molar-refractivity contribution in [1.82, 2.24) is 5.32 Å². The van der Waals surface area contributed by atoms with Gasteiger partial charge in [-0.05, 0) is 37.1 Å². The van der Waals surface area contributed by atoms with Crippen molar-refractivity contribution in [1.29, 1.82) is 0 Å². The summed E-state index contributed by atoms with van der Waals surface area (Å²) in [7, 11) is -3.60. The van der Waals surface area contributed by atoms with Crippen molar-refractivity contribution in [3.63, 3.8) is 0 Å². The molecular weight excluding hydrogens is 284 g/mol. The Balaban J connectivity index is 2.53. The summed E-state index contributed by atoms with van der Waals surface area (Å²) in [4.78, 5) is -0.0662. The zero-order chi connectivity index (χ0) is 14.9. The van der Waals surface area contributed by atoms with E-state index < -0.39 is 32.8 Å². The summed E-state index contributed by atoms with van der Waals surface area (Å²) < 4.78 is 51.8. The van der Waals surface area contributed by atoms with Gasteiger partial charge >= 0.3 is 0 Å². The van der Waals surface area contributed by atoms with E-state index in [0.29, 0.717) is 24.9 Å². The Morgan fingerprint density at radius 3 is 2.40 bits per heavy atom. The van der Waals surface area contributed by atoms with Crippen molar-refractivity contribution in [3.05, 3.63) is 29.3 Å². The molecule has 0 aliphatic carbocycles. The molecule has 0 saturated carbocycles. The summed E-state index contributed by atoms with van der Waals surface area (Å²) in [6, 6.07) is 1.38. The average molecular weight is 303 g/mol. The Bertz CT molecular complexity index is 601. The lowest BCUT2D eigenvalue weighted by Gasteiger charge is -2.20. The van der Waals surface area contributed by atoms with Gasteiger partial charge in [0, 0.05) is 0 Å². The van der Waals surface area contributed by atoms with Crippen molar-refractivity contribution in [2.24, 2.45) is 0 Å². The summed E-state index contributed by atoms with van der Waals surface area (Å²) in [6.07, 6.45) is 2.02. The van der Waals surface area contributed by atoms with E-state index in [-0.39, 0.29) is 4.90 Å². The smallest absolute Gasteiger partial charge is 0.183 e. The lowest BCUT2D eigenvalue weighted by atomic mass is 10.0. The van der Waals surface area contributed by atoms with E-state index in [9.17, 15) is 17.2 Å². The van der Waals surface area contributed by atoms with Crippen LogP contribution in [-0.2, 0) is 9.84 Å². The largest absolute Gasteiger partial charge is 0.309 e. The number of nitrogens with one attached hydrogen (secondary N) is 1. The Morgan fingerprint density at radius 1 is 1.15 bits per heavy atom. The maximum absolute atomic E-state index is 13.4. The fraction of sp³-hybridized carbons (Fsp3) is 0.571. The van der Waals surface area contributed by atoms with Crippen LogP contribution in [0.3, 0.4) is 0 Å². The normalized spacial score (nSPS) is 23.8. The molecule has 0 amide bonds. The molecule has 1 aliphatic heterocycles. The van der Waals surface area contributed by atoms with Crippen molar-refractivity contribution in [2.75, 3.05) is 6.54 Å². The SMILES string of the molecule is CCCNC1c2cc(F)c(F)cc2S(=O)(=O)C1CCC. The number of benzene rings is 1. The second-order valence-electron chi connectivity index (χ2n) is 5.11. The fourth-order valence-corrected chi connectivity index (χ4v) is 4.98. The molecule has 0 bridgehead atoms. The molecule has 2 unspecified atom stereocenters. The highest BCUT2D eigenvalue weighted by atomic mass is 32.2. The quantitative estimate of drug-likeness (QED) is 0.851. The van der Waals surface area contributed by atoms with Crippen LogP contribution >= 0.6 is 0 Å². The standard InChI is InChI=1S/C14H19F2NO2S/c1-3-5-12-14(17-6-4-2)9-7-10(15)11(16)8-13(9)20(12,18)19/h7-8,12,14,17H,3-6H2,1-2H3. The molecule has 1 aromatic carbocycles. The molecule has 3 nitrogen and oxygen atoms in total. The summed E-state index contributed by atoms with van der Waals surface area (Å²) in [6.45, 7) is 4.51. The molecule has 0 spiro atoms. The van der Waals surface area contributed by atoms with Gasteiger partial charge in [0.05, 0.1) is 16.2 Å². The minimum atomic E-state index is -3.60. The molecule has 0 fully saturated rings. The lowest BCUT2D eigenvalue weighted by molar-refractivity contribution is 0.472. The van der Waals surface area contributed by atoms with Gasteiger partial charge in [0.1, 0.15) is 0 Å². The third kappa shape index (κ3) is 2.46. The molecule has 0 radical (unpaired) electrons. The van der Waals surface area contributed by atoms with Gasteiger partial charge in [-0.3, -0.25) is 0 Å². The van der Waals surface area contributed by atoms with Crippen LogP contribution in [-0.4, -0.2) is 20.2 Å². The van der Waals surface area contributed by atoms with Gasteiger partial charge in [0.2, 0.25) is 0 Å². The number of rotatable bonds is 5. The molecule has 6 heteroatoms. The van der Waals surface area contributed by atoms with Crippen LogP contribution in [0.2, 0.25) is 0 Å². The summed E-state index contributed by atoms with van der Waals surface area (Å²) in [5.41, 5.74) is 0.357. The molecule has 1 N–H and O–H groups in total. The molecule has 112 valence electrons. The van der Waals surface area contributed by atoms with Gasteiger partial charge in [-0.1, -0.05) is 20.3 Å². The first-order valence-corrected chi connectivity index (χ1v) is 8.44. The van der Waals surface area contributed by atoms with E-state index in [4.69, 9.17) is 0 Å². The first-order valence-electron chi connectivity index (χ1n) is 6.89. The molecule has 2 rings (SSSR count). The Kier molecular flexibility index (Phi) is 4.44. The van der Waals surface area contributed by atoms with Crippen LogP contribution in [0, 0.1) is 11.6 Å². The summed E-state index contributed by atoms with van der Waals surface area (Å²) in [5, 5.41) is 2.51. The van der Waals surface area contributed by atoms with Crippen LogP contribution in [0.4, 0.5) is 8.78 Å². The third-order valence-corrected chi connectivity index (χ3v) is 5.92. The summed E-state index contributed by atoms with van der Waals surface area (Å²) in [5.74, 6) is -2.11. The predicted molar refractivity (Wildman–Crippen MR) is 73.3 cm³/mol. The summed E-state index contributed by atoms with van der Waals surface area (Å²) >= 11 is 0. The number of fused-ring (bicyclic) bond motifs is 1. The average Bonchev–Trinajstić information content (AvgIpc) is 2.58. The molecular formula is C14H19F2NO2S. The second kappa shape index (κ2) is 5.77. The second-order valence-corrected chi connectivity index (χ2v) is 7.24. The van der Waals surface area contributed by atoms with Gasteiger partial charge in [-0.25, -0.2) is 17.2 Å². The van der Waals surface area contributed by atoms with E-state index in [1.165, 1.54) is 0 Å². The molecule has 2 atom stereocenters. The number of hydrogen-bond acceptors (Lipinski definition) is 3. The Hall–Kier alpha value is -1.01. The molecule has 20 heavy (non-hydrogen) atoms. The van der Waals surface area contributed by atoms with Gasteiger partial charge in [0.15, 0.2) is 21.5 Å². The molecule has 0 aromatic heterocycles. The minimum absolute atomic E-state index is 0.0662. The van der Waals surface area contributed by atoms with Crippen LogP contribution in [0.25, 0.3) is 0 Å². The molecule has 1 heterocycles.